The number of hydrogen-bond acceptors (Lipinski definition) is 6. The molecule has 37 heavy (non-hydrogen) atoms. The van der Waals surface area contributed by atoms with Crippen molar-refractivity contribution in [2.45, 2.75) is 32.2 Å². The van der Waals surface area contributed by atoms with Crippen LogP contribution in [0.25, 0.3) is 10.7 Å². The van der Waals surface area contributed by atoms with Crippen LogP contribution in [0, 0.1) is 0 Å². The van der Waals surface area contributed by atoms with Crippen LogP contribution in [0.2, 0.25) is 5.02 Å². The quantitative estimate of drug-likeness (QED) is 0.341. The van der Waals surface area contributed by atoms with Gasteiger partial charge in [-0.05, 0) is 47.3 Å². The predicted octanol–water partition coefficient (Wildman–Crippen LogP) is 4.81. The maximum atomic E-state index is 13.5. The molecule has 2 amide bonds. The summed E-state index contributed by atoms with van der Waals surface area (Å²) >= 11 is 7.16. The lowest BCUT2D eigenvalue weighted by molar-refractivity contribution is -0.137. The Labute approximate surface area is 218 Å². The fraction of sp³-hybridized carbons (Fsp3) is 0.208. The van der Waals surface area contributed by atoms with Crippen molar-refractivity contribution >= 4 is 40.4 Å². The topological polar surface area (TPSA) is 93.0 Å². The Morgan fingerprint density at radius 3 is 2.57 bits per heavy atom. The minimum Gasteiger partial charge on any atom is -0.350 e. The van der Waals surface area contributed by atoms with Crippen LogP contribution in [0.15, 0.2) is 66.0 Å². The highest BCUT2D eigenvalue weighted by molar-refractivity contribution is 7.13. The van der Waals surface area contributed by atoms with Gasteiger partial charge in [0.25, 0.3) is 5.91 Å². The molecule has 1 N–H and O–H groups in total. The molecule has 192 valence electrons. The first-order chi connectivity index (χ1) is 17.6. The zero-order valence-corrected chi connectivity index (χ0v) is 20.9. The first-order valence-corrected chi connectivity index (χ1v) is 12.2. The van der Waals surface area contributed by atoms with Crippen LogP contribution in [-0.4, -0.2) is 38.1 Å². The SMILES string of the molecule is C[C@H](C(=O)NCc1ccccc1)N(C(=O)Cn1nnc(-c2cccs2)n1)c1ccc(Cl)c(C(F)(F)F)c1. The summed E-state index contributed by atoms with van der Waals surface area (Å²) in [5, 5.41) is 16.0. The molecule has 2 heterocycles. The zero-order chi connectivity index (χ0) is 26.6. The summed E-state index contributed by atoms with van der Waals surface area (Å²) in [7, 11) is 0. The Hall–Kier alpha value is -3.77. The lowest BCUT2D eigenvalue weighted by Gasteiger charge is -2.29. The Morgan fingerprint density at radius 1 is 1.14 bits per heavy atom. The molecule has 8 nitrogen and oxygen atoms in total. The van der Waals surface area contributed by atoms with Crippen molar-refractivity contribution < 1.29 is 22.8 Å². The highest BCUT2D eigenvalue weighted by Gasteiger charge is 2.35. The van der Waals surface area contributed by atoms with E-state index in [1.165, 1.54) is 24.3 Å². The number of anilines is 1. The molecule has 0 aliphatic carbocycles. The van der Waals surface area contributed by atoms with Gasteiger partial charge in [-0.1, -0.05) is 48.0 Å². The van der Waals surface area contributed by atoms with Gasteiger partial charge in [-0.3, -0.25) is 14.5 Å². The summed E-state index contributed by atoms with van der Waals surface area (Å²) in [4.78, 5) is 29.1. The molecule has 2 aromatic carbocycles. The summed E-state index contributed by atoms with van der Waals surface area (Å²) in [5.74, 6) is -0.978. The Balaban J connectivity index is 1.61. The van der Waals surface area contributed by atoms with Gasteiger partial charge in [0.15, 0.2) is 0 Å². The molecule has 1 atom stereocenters. The van der Waals surface area contributed by atoms with Gasteiger partial charge in [0.2, 0.25) is 11.7 Å². The van der Waals surface area contributed by atoms with Crippen LogP contribution >= 0.6 is 22.9 Å². The number of nitrogens with one attached hydrogen (secondary N) is 1. The number of hydrogen-bond donors (Lipinski definition) is 1. The summed E-state index contributed by atoms with van der Waals surface area (Å²) in [5.41, 5.74) is -0.456. The van der Waals surface area contributed by atoms with Crippen molar-refractivity contribution in [1.82, 2.24) is 25.5 Å². The average molecular weight is 549 g/mol. The number of tetrazole rings is 1. The maximum absolute atomic E-state index is 13.5. The second kappa shape index (κ2) is 11.1. The minimum atomic E-state index is -4.76. The number of aromatic nitrogens is 4. The van der Waals surface area contributed by atoms with E-state index in [0.717, 1.165) is 32.3 Å². The molecular formula is C24H20ClF3N6O2S. The van der Waals surface area contributed by atoms with E-state index in [9.17, 15) is 22.8 Å². The van der Waals surface area contributed by atoms with Crippen molar-refractivity contribution in [1.29, 1.82) is 0 Å². The van der Waals surface area contributed by atoms with Gasteiger partial charge in [0.1, 0.15) is 12.6 Å². The van der Waals surface area contributed by atoms with E-state index in [2.05, 4.69) is 20.7 Å². The van der Waals surface area contributed by atoms with Crippen LogP contribution in [-0.2, 0) is 28.9 Å². The highest BCUT2D eigenvalue weighted by atomic mass is 35.5. The zero-order valence-electron chi connectivity index (χ0n) is 19.3. The van der Waals surface area contributed by atoms with Crippen molar-refractivity contribution in [2.75, 3.05) is 4.90 Å². The van der Waals surface area contributed by atoms with Gasteiger partial charge in [-0.25, -0.2) is 0 Å². The minimum absolute atomic E-state index is 0.150. The van der Waals surface area contributed by atoms with Gasteiger partial charge in [0, 0.05) is 12.2 Å². The predicted molar refractivity (Wildman–Crippen MR) is 133 cm³/mol. The molecular weight excluding hydrogens is 529 g/mol. The van der Waals surface area contributed by atoms with Gasteiger partial charge < -0.3 is 5.32 Å². The molecule has 0 aliphatic rings. The van der Waals surface area contributed by atoms with Crippen LogP contribution < -0.4 is 10.2 Å². The number of benzene rings is 2. The van der Waals surface area contributed by atoms with E-state index in [1.807, 2.05) is 41.8 Å². The lowest BCUT2D eigenvalue weighted by Crippen LogP contribution is -2.49. The van der Waals surface area contributed by atoms with Gasteiger partial charge in [0.05, 0.1) is 15.5 Å². The fourth-order valence-electron chi connectivity index (χ4n) is 3.53. The van der Waals surface area contributed by atoms with E-state index >= 15 is 0 Å². The second-order valence-corrected chi connectivity index (χ2v) is 9.28. The summed E-state index contributed by atoms with van der Waals surface area (Å²) < 4.78 is 40.6. The third-order valence-corrected chi connectivity index (χ3v) is 6.54. The molecule has 0 unspecified atom stereocenters. The van der Waals surface area contributed by atoms with Crippen LogP contribution in [0.4, 0.5) is 18.9 Å². The standard InChI is InChI=1S/C24H20ClF3N6O2S/c1-15(23(36)29-13-16-6-3-2-4-7-16)34(17-9-10-19(25)18(12-17)24(26,27)28)21(35)14-33-31-22(30-32-33)20-8-5-11-37-20/h2-12,15H,13-14H2,1H3,(H,29,36)/t15-/m1/s1. The molecule has 0 saturated heterocycles. The number of carbonyl (C=O) groups excluding carboxylic acids is 2. The Morgan fingerprint density at radius 2 is 1.89 bits per heavy atom. The molecule has 2 aromatic heterocycles. The largest absolute Gasteiger partial charge is 0.417 e. The van der Waals surface area contributed by atoms with Crippen LogP contribution in [0.3, 0.4) is 0 Å². The van der Waals surface area contributed by atoms with E-state index in [4.69, 9.17) is 11.6 Å². The van der Waals surface area contributed by atoms with E-state index < -0.39 is 41.2 Å². The Bertz CT molecular complexity index is 1380. The normalized spacial score (nSPS) is 12.2. The Kier molecular flexibility index (Phi) is 7.89. The summed E-state index contributed by atoms with van der Waals surface area (Å²) in [6.07, 6.45) is -4.76. The van der Waals surface area contributed by atoms with Crippen molar-refractivity contribution in [2.24, 2.45) is 0 Å². The van der Waals surface area contributed by atoms with Crippen molar-refractivity contribution in [3.05, 3.63) is 82.2 Å². The third kappa shape index (κ3) is 6.33. The highest BCUT2D eigenvalue weighted by Crippen LogP contribution is 2.37. The van der Waals surface area contributed by atoms with E-state index in [1.54, 1.807) is 6.07 Å². The molecule has 4 rings (SSSR count). The number of rotatable bonds is 8. The molecule has 13 heteroatoms. The van der Waals surface area contributed by atoms with Gasteiger partial charge >= 0.3 is 6.18 Å². The first kappa shape index (κ1) is 26.3. The molecule has 0 bridgehead atoms. The molecule has 4 aromatic rings. The number of thiophene rings is 1. The number of amides is 2. The van der Waals surface area contributed by atoms with E-state index in [0.29, 0.717) is 5.82 Å². The third-order valence-electron chi connectivity index (χ3n) is 5.35. The second-order valence-electron chi connectivity index (χ2n) is 7.93. The van der Waals surface area contributed by atoms with Crippen LogP contribution in [0.5, 0.6) is 0 Å². The van der Waals surface area contributed by atoms with Gasteiger partial charge in [-0.2, -0.15) is 18.0 Å². The number of alkyl halides is 3. The number of halogens is 4. The summed E-state index contributed by atoms with van der Waals surface area (Å²) in [6, 6.07) is 14.5. The van der Waals surface area contributed by atoms with Crippen molar-refractivity contribution in [3.8, 4) is 10.7 Å². The van der Waals surface area contributed by atoms with Gasteiger partial charge in [-0.15, -0.1) is 21.5 Å². The fourth-order valence-corrected chi connectivity index (χ4v) is 4.40. The van der Waals surface area contributed by atoms with Crippen LogP contribution in [0.1, 0.15) is 18.1 Å². The first-order valence-electron chi connectivity index (χ1n) is 11.0. The lowest BCUT2D eigenvalue weighted by atomic mass is 10.1. The van der Waals surface area contributed by atoms with E-state index in [-0.39, 0.29) is 12.2 Å². The maximum Gasteiger partial charge on any atom is 0.417 e. The average Bonchev–Trinajstić information content (AvgIpc) is 3.56. The number of nitrogens with zero attached hydrogens (tertiary/aromatic N) is 5. The smallest absolute Gasteiger partial charge is 0.350 e. The van der Waals surface area contributed by atoms with Crippen molar-refractivity contribution in [3.63, 3.8) is 0 Å². The monoisotopic (exact) mass is 548 g/mol. The summed E-state index contributed by atoms with van der Waals surface area (Å²) in [6.45, 7) is 1.14. The molecule has 0 saturated carbocycles. The molecule has 0 radical (unpaired) electrons. The molecule has 0 spiro atoms. The number of carbonyl (C=O) groups is 2. The molecule has 0 fully saturated rings. The molecule has 0 aliphatic heterocycles.